The van der Waals surface area contributed by atoms with Crippen LogP contribution in [0, 0.1) is 5.92 Å². The molecule has 1 amide bonds. The van der Waals surface area contributed by atoms with Crippen LogP contribution in [0.15, 0.2) is 11.1 Å². The van der Waals surface area contributed by atoms with Gasteiger partial charge in [-0.05, 0) is 6.42 Å². The maximum absolute atomic E-state index is 12.0. The first-order chi connectivity index (χ1) is 11.0. The summed E-state index contributed by atoms with van der Waals surface area (Å²) in [6, 6.07) is 0. The number of anilines is 1. The molecule has 2 aromatic heterocycles. The Bertz CT molecular complexity index is 732. The van der Waals surface area contributed by atoms with Gasteiger partial charge in [0.05, 0.1) is 12.4 Å². The van der Waals surface area contributed by atoms with Crippen LogP contribution in [0.2, 0.25) is 0 Å². The summed E-state index contributed by atoms with van der Waals surface area (Å²) in [6.45, 7) is 4.48. The van der Waals surface area contributed by atoms with Gasteiger partial charge < -0.3 is 15.0 Å². The lowest BCUT2D eigenvalue weighted by molar-refractivity contribution is -0.118. The molecule has 126 valence electrons. The molecule has 0 fully saturated rings. The summed E-state index contributed by atoms with van der Waals surface area (Å²) in [4.78, 5) is 34.7. The van der Waals surface area contributed by atoms with E-state index < -0.39 is 5.56 Å². The lowest BCUT2D eigenvalue weighted by Gasteiger charge is -2.13. The molecule has 2 heterocycles. The zero-order chi connectivity index (χ0) is 17.0. The number of carbonyl (C=O) groups is 1. The van der Waals surface area contributed by atoms with Crippen molar-refractivity contribution in [3.05, 3.63) is 16.7 Å². The third-order valence-electron chi connectivity index (χ3n) is 3.53. The normalized spacial score (nSPS) is 12.7. The largest absolute Gasteiger partial charge is 0.380 e. The lowest BCUT2D eigenvalue weighted by atomic mass is 10.2. The number of aryl methyl sites for hydroxylation is 1. The van der Waals surface area contributed by atoms with Gasteiger partial charge in [-0.25, -0.2) is 4.98 Å². The van der Waals surface area contributed by atoms with Crippen LogP contribution in [0.4, 0.5) is 5.95 Å². The molecular formula is C14H22N6O3. The van der Waals surface area contributed by atoms with Crippen molar-refractivity contribution in [3.63, 3.8) is 0 Å². The van der Waals surface area contributed by atoms with Gasteiger partial charge in [-0.3, -0.25) is 19.9 Å². The first kappa shape index (κ1) is 17.1. The van der Waals surface area contributed by atoms with Crippen LogP contribution in [-0.2, 0) is 16.1 Å². The fourth-order valence-electron chi connectivity index (χ4n) is 2.05. The number of amides is 1. The van der Waals surface area contributed by atoms with E-state index in [1.54, 1.807) is 31.9 Å². The number of rotatable bonds is 7. The molecule has 1 unspecified atom stereocenters. The number of nitrogens with two attached hydrogens (primary N) is 1. The van der Waals surface area contributed by atoms with Crippen molar-refractivity contribution < 1.29 is 9.53 Å². The van der Waals surface area contributed by atoms with Gasteiger partial charge in [-0.2, -0.15) is 4.98 Å². The van der Waals surface area contributed by atoms with Crippen molar-refractivity contribution in [1.29, 1.82) is 0 Å². The van der Waals surface area contributed by atoms with E-state index in [-0.39, 0.29) is 29.4 Å². The summed E-state index contributed by atoms with van der Waals surface area (Å²) in [7, 11) is 1.60. The van der Waals surface area contributed by atoms with Crippen molar-refractivity contribution in [1.82, 2.24) is 19.5 Å². The average Bonchev–Trinajstić information content (AvgIpc) is 2.92. The Morgan fingerprint density at radius 2 is 2.26 bits per heavy atom. The number of hydrogen-bond acceptors (Lipinski definition) is 6. The van der Waals surface area contributed by atoms with Crippen molar-refractivity contribution in [2.24, 2.45) is 11.7 Å². The molecule has 0 saturated carbocycles. The topological polar surface area (TPSA) is 128 Å². The van der Waals surface area contributed by atoms with Crippen LogP contribution in [0.1, 0.15) is 20.3 Å². The summed E-state index contributed by atoms with van der Waals surface area (Å²) < 4.78 is 6.98. The number of methoxy groups -OCH3 is 1. The Hall–Kier alpha value is -2.26. The third-order valence-corrected chi connectivity index (χ3v) is 3.53. The smallest absolute Gasteiger partial charge is 0.280 e. The predicted octanol–water partition coefficient (Wildman–Crippen LogP) is 0.0779. The fourth-order valence-corrected chi connectivity index (χ4v) is 2.05. The number of nitrogens with zero attached hydrogens (tertiary/aromatic N) is 3. The number of imidazole rings is 1. The molecule has 0 aliphatic heterocycles. The van der Waals surface area contributed by atoms with E-state index in [2.05, 4.69) is 20.3 Å². The second-order valence-electron chi connectivity index (χ2n) is 5.55. The minimum absolute atomic E-state index is 0.0745. The van der Waals surface area contributed by atoms with E-state index in [1.807, 2.05) is 0 Å². The summed E-state index contributed by atoms with van der Waals surface area (Å²) >= 11 is 0. The monoisotopic (exact) mass is 322 g/mol. The number of hydrogen-bond donors (Lipinski definition) is 3. The van der Waals surface area contributed by atoms with E-state index in [0.717, 1.165) is 0 Å². The Morgan fingerprint density at radius 3 is 2.87 bits per heavy atom. The van der Waals surface area contributed by atoms with E-state index in [4.69, 9.17) is 10.5 Å². The van der Waals surface area contributed by atoms with E-state index >= 15 is 0 Å². The lowest BCUT2D eigenvalue weighted by Crippen LogP contribution is -2.24. The molecule has 0 spiro atoms. The molecule has 0 aromatic carbocycles. The molecule has 0 bridgehead atoms. The second kappa shape index (κ2) is 7.34. The summed E-state index contributed by atoms with van der Waals surface area (Å²) in [6.07, 6.45) is 2.14. The molecule has 9 nitrogen and oxygen atoms in total. The van der Waals surface area contributed by atoms with Crippen molar-refractivity contribution in [3.8, 4) is 0 Å². The van der Waals surface area contributed by atoms with E-state index in [9.17, 15) is 9.59 Å². The van der Waals surface area contributed by atoms with Crippen LogP contribution in [0.3, 0.4) is 0 Å². The summed E-state index contributed by atoms with van der Waals surface area (Å²) in [5, 5.41) is 2.59. The molecule has 23 heavy (non-hydrogen) atoms. The first-order valence-corrected chi connectivity index (χ1v) is 7.45. The van der Waals surface area contributed by atoms with Crippen LogP contribution in [0.25, 0.3) is 11.2 Å². The molecule has 0 saturated heterocycles. The number of ether oxygens (including phenoxy) is 1. The highest BCUT2D eigenvalue weighted by atomic mass is 16.5. The van der Waals surface area contributed by atoms with Gasteiger partial charge in [0.2, 0.25) is 11.9 Å². The van der Waals surface area contributed by atoms with Gasteiger partial charge in [-0.1, -0.05) is 13.8 Å². The van der Waals surface area contributed by atoms with Gasteiger partial charge in [-0.15, -0.1) is 0 Å². The van der Waals surface area contributed by atoms with Gasteiger partial charge in [0, 0.05) is 26.1 Å². The fraction of sp³-hybridized carbons (Fsp3) is 0.571. The predicted molar refractivity (Wildman–Crippen MR) is 86.1 cm³/mol. The molecular weight excluding hydrogens is 300 g/mol. The highest BCUT2D eigenvalue weighted by molar-refractivity contribution is 5.91. The maximum atomic E-state index is 12.0. The zero-order valence-corrected chi connectivity index (χ0v) is 13.5. The van der Waals surface area contributed by atoms with Crippen molar-refractivity contribution >= 4 is 23.0 Å². The van der Waals surface area contributed by atoms with Crippen LogP contribution in [0.5, 0.6) is 0 Å². The third kappa shape index (κ3) is 3.93. The van der Waals surface area contributed by atoms with Crippen molar-refractivity contribution in [2.45, 2.75) is 32.9 Å². The van der Waals surface area contributed by atoms with Crippen LogP contribution < -0.4 is 16.6 Å². The second-order valence-corrected chi connectivity index (χ2v) is 5.55. The van der Waals surface area contributed by atoms with E-state index in [0.29, 0.717) is 25.2 Å². The molecule has 0 aliphatic carbocycles. The van der Waals surface area contributed by atoms with Crippen LogP contribution >= 0.6 is 0 Å². The van der Waals surface area contributed by atoms with Gasteiger partial charge in [0.15, 0.2) is 11.2 Å². The Labute approximate surface area is 133 Å². The molecule has 0 radical (unpaired) electrons. The molecule has 0 aliphatic rings. The minimum Gasteiger partial charge on any atom is -0.380 e. The van der Waals surface area contributed by atoms with Gasteiger partial charge >= 0.3 is 0 Å². The van der Waals surface area contributed by atoms with Gasteiger partial charge in [0.25, 0.3) is 5.56 Å². The Balaban J connectivity index is 2.28. The first-order valence-electron chi connectivity index (χ1n) is 7.45. The van der Waals surface area contributed by atoms with Crippen LogP contribution in [-0.4, -0.2) is 45.2 Å². The number of carbonyl (C=O) groups excluding carboxylic acids is 1. The number of fused-ring (bicyclic) bond motifs is 1. The standard InChI is InChI=1S/C14H22N6O3/c1-8(2)12(21)18-14-17-11-10(13(22)19-14)16-7-20(11)5-4-9(6-15)23-3/h7-9H,4-6,15H2,1-3H3,(H2,17,18,19,21,22). The highest BCUT2D eigenvalue weighted by Crippen LogP contribution is 2.10. The number of H-pyrrole nitrogens is 1. The Morgan fingerprint density at radius 1 is 1.52 bits per heavy atom. The highest BCUT2D eigenvalue weighted by Gasteiger charge is 2.14. The number of nitrogens with one attached hydrogen (secondary N) is 2. The number of aromatic amines is 1. The van der Waals surface area contributed by atoms with E-state index in [1.165, 1.54) is 0 Å². The van der Waals surface area contributed by atoms with Gasteiger partial charge in [0.1, 0.15) is 0 Å². The summed E-state index contributed by atoms with van der Waals surface area (Å²) in [5.74, 6) is -0.320. The molecule has 2 aromatic rings. The Kier molecular flexibility index (Phi) is 5.45. The number of aromatic nitrogens is 4. The molecule has 4 N–H and O–H groups in total. The molecule has 2 rings (SSSR count). The average molecular weight is 322 g/mol. The molecule has 9 heteroatoms. The zero-order valence-electron chi connectivity index (χ0n) is 13.5. The SMILES string of the molecule is COC(CN)CCn1cnc2c(=O)[nH]c(NC(=O)C(C)C)nc21. The summed E-state index contributed by atoms with van der Waals surface area (Å²) in [5.41, 5.74) is 5.85. The quantitative estimate of drug-likeness (QED) is 0.662. The van der Waals surface area contributed by atoms with Crippen molar-refractivity contribution in [2.75, 3.05) is 19.0 Å². The maximum Gasteiger partial charge on any atom is 0.280 e. The molecule has 1 atom stereocenters. The minimum atomic E-state index is -0.394.